The van der Waals surface area contributed by atoms with Gasteiger partial charge in [-0.25, -0.2) is 33.4 Å². The summed E-state index contributed by atoms with van der Waals surface area (Å²) in [5.41, 5.74) is 1.23. The maximum atomic E-state index is 13.0. The van der Waals surface area contributed by atoms with Crippen LogP contribution in [-0.2, 0) is 12.7 Å². The number of aryl methyl sites for hydroxylation is 1. The second-order valence-electron chi connectivity index (χ2n) is 8.38. The number of nitrogens with zero attached hydrogens (tertiary/aromatic N) is 8. The molecule has 5 heterocycles. The summed E-state index contributed by atoms with van der Waals surface area (Å²) in [6.07, 6.45) is -2.12. The molecule has 0 atom stereocenters. The number of fused-ring (bicyclic) bond motifs is 1. The molecule has 5 rings (SSSR count). The SMILES string of the molecule is Cc1cnc(C(F)(F)F)nc1N1CC2(CCN(c3cnc4cnn(CC(F)F)c4n3)C2)C1. The number of aromatic nitrogens is 6. The van der Waals surface area contributed by atoms with Gasteiger partial charge in [-0.2, -0.15) is 18.3 Å². The standard InChI is InChI=1S/C19H19F5N8/c1-11-4-26-17(19(22,23)24)29-15(11)31-9-18(10-31)2-3-30(8-18)14-6-25-12-5-27-32(7-13(20)21)16(12)28-14/h4-6,13H,2-3,7-10H2,1H3. The van der Waals surface area contributed by atoms with Crippen LogP contribution in [0, 0.1) is 12.3 Å². The van der Waals surface area contributed by atoms with E-state index in [9.17, 15) is 22.0 Å². The maximum absolute atomic E-state index is 13.0. The van der Waals surface area contributed by atoms with E-state index in [-0.39, 0.29) is 5.41 Å². The van der Waals surface area contributed by atoms with Gasteiger partial charge in [-0.15, -0.1) is 0 Å². The zero-order valence-electron chi connectivity index (χ0n) is 17.0. The Hall–Kier alpha value is -3.12. The summed E-state index contributed by atoms with van der Waals surface area (Å²) in [7, 11) is 0. The van der Waals surface area contributed by atoms with Crippen LogP contribution in [0.5, 0.6) is 0 Å². The van der Waals surface area contributed by atoms with Crippen molar-refractivity contribution < 1.29 is 22.0 Å². The molecule has 2 fully saturated rings. The largest absolute Gasteiger partial charge is 0.451 e. The van der Waals surface area contributed by atoms with Gasteiger partial charge < -0.3 is 9.80 Å². The van der Waals surface area contributed by atoms with E-state index in [0.717, 1.165) is 11.1 Å². The Balaban J connectivity index is 1.31. The molecule has 3 aromatic heterocycles. The summed E-state index contributed by atoms with van der Waals surface area (Å²) in [6.45, 7) is 3.60. The first-order valence-corrected chi connectivity index (χ1v) is 10.0. The molecule has 0 aromatic carbocycles. The third-order valence-corrected chi connectivity index (χ3v) is 5.96. The van der Waals surface area contributed by atoms with Crippen molar-refractivity contribution in [1.29, 1.82) is 0 Å². The van der Waals surface area contributed by atoms with E-state index in [1.807, 2.05) is 9.80 Å². The Morgan fingerprint density at radius 2 is 1.78 bits per heavy atom. The number of hydrogen-bond acceptors (Lipinski definition) is 7. The van der Waals surface area contributed by atoms with Crippen LogP contribution < -0.4 is 9.80 Å². The van der Waals surface area contributed by atoms with Crippen LogP contribution in [0.2, 0.25) is 0 Å². The van der Waals surface area contributed by atoms with Gasteiger partial charge in [0, 0.05) is 43.4 Å². The molecule has 0 unspecified atom stereocenters. The van der Waals surface area contributed by atoms with E-state index in [1.54, 1.807) is 13.1 Å². The van der Waals surface area contributed by atoms with Crippen molar-refractivity contribution in [2.24, 2.45) is 5.41 Å². The zero-order valence-corrected chi connectivity index (χ0v) is 17.0. The van der Waals surface area contributed by atoms with Crippen molar-refractivity contribution in [3.8, 4) is 0 Å². The van der Waals surface area contributed by atoms with E-state index in [1.165, 1.54) is 12.4 Å². The smallest absolute Gasteiger partial charge is 0.355 e. The molecule has 0 bridgehead atoms. The van der Waals surface area contributed by atoms with Crippen molar-refractivity contribution in [2.45, 2.75) is 32.5 Å². The highest BCUT2D eigenvalue weighted by Gasteiger charge is 2.49. The minimum Gasteiger partial charge on any atom is -0.355 e. The Morgan fingerprint density at radius 1 is 1.03 bits per heavy atom. The number of rotatable bonds is 4. The first-order valence-electron chi connectivity index (χ1n) is 10.0. The van der Waals surface area contributed by atoms with E-state index in [4.69, 9.17) is 0 Å². The second-order valence-corrected chi connectivity index (χ2v) is 8.38. The molecule has 0 amide bonds. The number of anilines is 2. The average molecular weight is 454 g/mol. The highest BCUT2D eigenvalue weighted by molar-refractivity contribution is 5.71. The van der Waals surface area contributed by atoms with Crippen molar-refractivity contribution in [3.05, 3.63) is 30.0 Å². The zero-order chi connectivity index (χ0) is 22.7. The first-order chi connectivity index (χ1) is 15.1. The molecule has 1 spiro atoms. The Bertz CT molecular complexity index is 1150. The Morgan fingerprint density at radius 3 is 2.50 bits per heavy atom. The van der Waals surface area contributed by atoms with Gasteiger partial charge in [0.25, 0.3) is 6.43 Å². The quantitative estimate of drug-likeness (QED) is 0.561. The van der Waals surface area contributed by atoms with Gasteiger partial charge in [0.1, 0.15) is 23.7 Å². The lowest BCUT2D eigenvalue weighted by atomic mass is 9.79. The Labute approximate surface area is 179 Å². The van der Waals surface area contributed by atoms with Gasteiger partial charge >= 0.3 is 6.18 Å². The van der Waals surface area contributed by atoms with Gasteiger partial charge in [-0.05, 0) is 13.3 Å². The summed E-state index contributed by atoms with van der Waals surface area (Å²) < 4.78 is 65.7. The Kier molecular flexibility index (Phi) is 4.67. The van der Waals surface area contributed by atoms with Crippen molar-refractivity contribution in [3.63, 3.8) is 0 Å². The lowest BCUT2D eigenvalue weighted by Crippen LogP contribution is -2.58. The molecular formula is C19H19F5N8. The molecule has 0 aliphatic carbocycles. The van der Waals surface area contributed by atoms with Gasteiger partial charge in [0.2, 0.25) is 5.82 Å². The average Bonchev–Trinajstić information content (AvgIpc) is 3.31. The maximum Gasteiger partial charge on any atom is 0.451 e. The molecule has 2 aliphatic rings. The fourth-order valence-electron chi connectivity index (χ4n) is 4.45. The van der Waals surface area contributed by atoms with Crippen LogP contribution in [0.1, 0.15) is 17.8 Å². The molecule has 0 saturated carbocycles. The van der Waals surface area contributed by atoms with Gasteiger partial charge in [0.05, 0.1) is 12.4 Å². The van der Waals surface area contributed by atoms with Crippen molar-refractivity contribution in [1.82, 2.24) is 29.7 Å². The summed E-state index contributed by atoms with van der Waals surface area (Å²) in [6, 6.07) is 0. The highest BCUT2D eigenvalue weighted by atomic mass is 19.4. The third kappa shape index (κ3) is 3.58. The molecule has 3 aromatic rings. The monoisotopic (exact) mass is 454 g/mol. The molecular weight excluding hydrogens is 435 g/mol. The predicted molar refractivity (Wildman–Crippen MR) is 105 cm³/mol. The first kappa shape index (κ1) is 20.8. The summed E-state index contributed by atoms with van der Waals surface area (Å²) in [5.74, 6) is -0.272. The van der Waals surface area contributed by atoms with Gasteiger partial charge in [-0.1, -0.05) is 0 Å². The van der Waals surface area contributed by atoms with E-state index < -0.39 is 25.0 Å². The van der Waals surface area contributed by atoms with E-state index >= 15 is 0 Å². The van der Waals surface area contributed by atoms with E-state index in [0.29, 0.717) is 54.5 Å². The van der Waals surface area contributed by atoms with Crippen molar-refractivity contribution in [2.75, 3.05) is 36.0 Å². The van der Waals surface area contributed by atoms with Crippen LogP contribution in [0.15, 0.2) is 18.6 Å². The van der Waals surface area contributed by atoms with Crippen LogP contribution in [-0.4, -0.2) is 62.3 Å². The number of halogens is 5. The molecule has 2 saturated heterocycles. The highest BCUT2D eigenvalue weighted by Crippen LogP contribution is 2.43. The third-order valence-electron chi connectivity index (χ3n) is 5.96. The van der Waals surface area contributed by atoms with Crippen LogP contribution in [0.3, 0.4) is 0 Å². The topological polar surface area (TPSA) is 75.9 Å². The van der Waals surface area contributed by atoms with E-state index in [2.05, 4.69) is 25.0 Å². The molecule has 2 aliphatic heterocycles. The minimum absolute atomic E-state index is 0.102. The van der Waals surface area contributed by atoms with Crippen molar-refractivity contribution >= 4 is 22.8 Å². The number of alkyl halides is 5. The molecule has 13 heteroatoms. The molecule has 8 nitrogen and oxygen atoms in total. The fraction of sp³-hybridized carbons (Fsp3) is 0.526. The molecule has 170 valence electrons. The number of hydrogen-bond donors (Lipinski definition) is 0. The second kappa shape index (κ2) is 7.20. The molecule has 32 heavy (non-hydrogen) atoms. The summed E-state index contributed by atoms with van der Waals surface area (Å²) in [4.78, 5) is 19.8. The van der Waals surface area contributed by atoms with Crippen LogP contribution >= 0.6 is 0 Å². The molecule has 0 N–H and O–H groups in total. The summed E-state index contributed by atoms with van der Waals surface area (Å²) >= 11 is 0. The predicted octanol–water partition coefficient (Wildman–Crippen LogP) is 2.93. The normalized spacial score (nSPS) is 18.2. The lowest BCUT2D eigenvalue weighted by molar-refractivity contribution is -0.144. The fourth-order valence-corrected chi connectivity index (χ4v) is 4.45. The van der Waals surface area contributed by atoms with Crippen LogP contribution in [0.25, 0.3) is 11.2 Å². The minimum atomic E-state index is -4.59. The van der Waals surface area contributed by atoms with Gasteiger partial charge in [-0.3, -0.25) is 0 Å². The van der Waals surface area contributed by atoms with Crippen LogP contribution in [0.4, 0.5) is 33.6 Å². The lowest BCUT2D eigenvalue weighted by Gasteiger charge is -2.49. The summed E-state index contributed by atoms with van der Waals surface area (Å²) in [5, 5.41) is 3.93. The molecule has 0 radical (unpaired) electrons. The van der Waals surface area contributed by atoms with Gasteiger partial charge in [0.15, 0.2) is 5.65 Å².